The Morgan fingerprint density at radius 1 is 1.03 bits per heavy atom. The van der Waals surface area contributed by atoms with Gasteiger partial charge in [-0.3, -0.25) is 14.5 Å². The molecule has 6 heteroatoms. The minimum absolute atomic E-state index is 0.102. The number of nitrogens with zero attached hydrogens (tertiary/aromatic N) is 5. The number of rotatable bonds is 4. The van der Waals surface area contributed by atoms with Crippen molar-refractivity contribution >= 4 is 0 Å². The molecule has 0 radical (unpaired) electrons. The van der Waals surface area contributed by atoms with Gasteiger partial charge in [0.1, 0.15) is 5.60 Å². The third kappa shape index (κ3) is 3.99. The van der Waals surface area contributed by atoms with E-state index < -0.39 is 5.60 Å². The van der Waals surface area contributed by atoms with Crippen LogP contribution in [0.2, 0.25) is 0 Å². The first-order chi connectivity index (χ1) is 13.9. The summed E-state index contributed by atoms with van der Waals surface area (Å²) in [5, 5.41) is 16.5. The molecule has 0 unspecified atom stereocenters. The lowest BCUT2D eigenvalue weighted by molar-refractivity contribution is -0.108. The summed E-state index contributed by atoms with van der Waals surface area (Å²) in [5.74, 6) is 0. The van der Waals surface area contributed by atoms with E-state index in [0.717, 1.165) is 63.5 Å². The van der Waals surface area contributed by atoms with Gasteiger partial charge in [-0.2, -0.15) is 5.10 Å². The van der Waals surface area contributed by atoms with Crippen LogP contribution in [0.3, 0.4) is 0 Å². The van der Waals surface area contributed by atoms with E-state index in [1.807, 2.05) is 29.9 Å². The smallest absolute Gasteiger partial charge is 0.108 e. The van der Waals surface area contributed by atoms with Crippen LogP contribution in [0, 0.1) is 13.8 Å². The van der Waals surface area contributed by atoms with Gasteiger partial charge < -0.3 is 10.0 Å². The van der Waals surface area contributed by atoms with Gasteiger partial charge in [0.25, 0.3) is 0 Å². The third-order valence-corrected chi connectivity index (χ3v) is 7.08. The molecule has 0 amide bonds. The fourth-order valence-electron chi connectivity index (χ4n) is 5.01. The Morgan fingerprint density at radius 2 is 1.72 bits per heavy atom. The third-order valence-electron chi connectivity index (χ3n) is 7.08. The van der Waals surface area contributed by atoms with Gasteiger partial charge in [0.05, 0.1) is 11.7 Å². The van der Waals surface area contributed by atoms with E-state index in [1.54, 1.807) is 0 Å². The molecule has 6 nitrogen and oxygen atoms in total. The zero-order valence-corrected chi connectivity index (χ0v) is 18.3. The summed E-state index contributed by atoms with van der Waals surface area (Å²) < 4.78 is 1.98. The normalized spacial score (nSPS) is 27.4. The second-order valence-electron chi connectivity index (χ2n) is 8.90. The number of likely N-dealkylation sites (tertiary alicyclic amines) is 1. The van der Waals surface area contributed by atoms with Crippen molar-refractivity contribution in [1.29, 1.82) is 0 Å². The van der Waals surface area contributed by atoms with Crippen molar-refractivity contribution in [3.63, 3.8) is 0 Å². The Kier molecular flexibility index (Phi) is 5.80. The van der Waals surface area contributed by atoms with Crippen molar-refractivity contribution < 1.29 is 5.11 Å². The van der Waals surface area contributed by atoms with Crippen LogP contribution in [0.15, 0.2) is 30.3 Å². The zero-order chi connectivity index (χ0) is 20.6. The molecule has 158 valence electrons. The van der Waals surface area contributed by atoms with Crippen molar-refractivity contribution in [2.75, 3.05) is 46.3 Å². The molecule has 29 heavy (non-hydrogen) atoms. The van der Waals surface area contributed by atoms with E-state index in [-0.39, 0.29) is 6.04 Å². The summed E-state index contributed by atoms with van der Waals surface area (Å²) in [6, 6.07) is 10.4. The Morgan fingerprint density at radius 3 is 2.34 bits per heavy atom. The molecule has 0 bridgehead atoms. The molecule has 0 saturated carbocycles. The molecular formula is C23H35N5O. The molecular weight excluding hydrogens is 362 g/mol. The molecule has 2 aliphatic rings. The SMILES string of the molecule is Cc1nn(C)c(C)c1CN1CC[C@](O)(c2ccccc2)[C@H](N2CCN(C)CC2)C1. The van der Waals surface area contributed by atoms with Crippen LogP contribution in [-0.2, 0) is 19.2 Å². The molecule has 1 aromatic carbocycles. The van der Waals surface area contributed by atoms with Crippen LogP contribution in [0.25, 0.3) is 0 Å². The summed E-state index contributed by atoms with van der Waals surface area (Å²) in [4.78, 5) is 7.40. The number of aryl methyl sites for hydroxylation is 2. The number of likely N-dealkylation sites (N-methyl/N-ethyl adjacent to an activating group) is 1. The lowest BCUT2D eigenvalue weighted by Crippen LogP contribution is -2.63. The summed E-state index contributed by atoms with van der Waals surface area (Å²) in [7, 11) is 4.20. The number of hydrogen-bond acceptors (Lipinski definition) is 5. The highest BCUT2D eigenvalue weighted by atomic mass is 16.3. The molecule has 2 atom stereocenters. The van der Waals surface area contributed by atoms with Gasteiger partial charge in [-0.15, -0.1) is 0 Å². The van der Waals surface area contributed by atoms with Crippen LogP contribution in [0.4, 0.5) is 0 Å². The average molecular weight is 398 g/mol. The number of benzene rings is 1. The molecule has 1 N–H and O–H groups in total. The highest BCUT2D eigenvalue weighted by molar-refractivity contribution is 5.27. The largest absolute Gasteiger partial charge is 0.383 e. The lowest BCUT2D eigenvalue weighted by Gasteiger charge is -2.51. The topological polar surface area (TPSA) is 47.8 Å². The summed E-state index contributed by atoms with van der Waals surface area (Å²) in [6.07, 6.45) is 0.756. The van der Waals surface area contributed by atoms with Crippen LogP contribution >= 0.6 is 0 Å². The molecule has 1 aromatic heterocycles. The summed E-state index contributed by atoms with van der Waals surface area (Å²) in [5.41, 5.74) is 3.94. The Bertz CT molecular complexity index is 827. The van der Waals surface area contributed by atoms with E-state index in [4.69, 9.17) is 0 Å². The van der Waals surface area contributed by atoms with Gasteiger partial charge in [-0.05, 0) is 32.9 Å². The van der Waals surface area contributed by atoms with Crippen LogP contribution in [0.5, 0.6) is 0 Å². The second kappa shape index (κ2) is 8.19. The predicted molar refractivity (Wildman–Crippen MR) is 116 cm³/mol. The van der Waals surface area contributed by atoms with E-state index in [1.165, 1.54) is 11.3 Å². The van der Waals surface area contributed by atoms with Crippen molar-refractivity contribution in [2.24, 2.45) is 7.05 Å². The molecule has 0 aliphatic carbocycles. The highest BCUT2D eigenvalue weighted by Gasteiger charge is 2.46. The van der Waals surface area contributed by atoms with Crippen molar-refractivity contribution in [2.45, 2.75) is 38.5 Å². The van der Waals surface area contributed by atoms with Gasteiger partial charge in [0.2, 0.25) is 0 Å². The first-order valence-electron chi connectivity index (χ1n) is 10.8. The van der Waals surface area contributed by atoms with Gasteiger partial charge in [-0.1, -0.05) is 30.3 Å². The average Bonchev–Trinajstić information content (AvgIpc) is 2.97. The number of piperidine rings is 1. The van der Waals surface area contributed by atoms with Crippen LogP contribution < -0.4 is 0 Å². The monoisotopic (exact) mass is 397 g/mol. The first-order valence-corrected chi connectivity index (χ1v) is 10.8. The first kappa shape index (κ1) is 20.5. The van der Waals surface area contributed by atoms with Gasteiger partial charge in [-0.25, -0.2) is 0 Å². The minimum atomic E-state index is -0.799. The molecule has 0 spiro atoms. The molecule has 3 heterocycles. The highest BCUT2D eigenvalue weighted by Crippen LogP contribution is 2.37. The molecule has 2 fully saturated rings. The van der Waals surface area contributed by atoms with E-state index in [0.29, 0.717) is 0 Å². The van der Waals surface area contributed by atoms with Crippen LogP contribution in [-0.4, -0.2) is 81.9 Å². The van der Waals surface area contributed by atoms with E-state index in [2.05, 4.69) is 52.8 Å². The number of hydrogen-bond donors (Lipinski definition) is 1. The number of piperazine rings is 1. The maximum atomic E-state index is 11.9. The summed E-state index contributed by atoms with van der Waals surface area (Å²) >= 11 is 0. The quantitative estimate of drug-likeness (QED) is 0.852. The Labute approximate surface area is 174 Å². The molecule has 2 saturated heterocycles. The molecule has 4 rings (SSSR count). The van der Waals surface area contributed by atoms with Crippen molar-refractivity contribution in [1.82, 2.24) is 24.5 Å². The van der Waals surface area contributed by atoms with Gasteiger partial charge in [0.15, 0.2) is 0 Å². The standard InChI is InChI=1S/C23H35N5O/c1-18-21(19(2)26(4)24-18)16-27-11-10-23(29,20-8-6-5-7-9-20)22(17-27)28-14-12-25(3)13-15-28/h5-9,22,29H,10-17H2,1-4H3/t22-,23+/m1/s1. The summed E-state index contributed by atoms with van der Waals surface area (Å²) in [6.45, 7) is 11.1. The van der Waals surface area contributed by atoms with E-state index in [9.17, 15) is 5.11 Å². The van der Waals surface area contributed by atoms with Crippen molar-refractivity contribution in [3.8, 4) is 0 Å². The van der Waals surface area contributed by atoms with Crippen LogP contribution in [0.1, 0.15) is 28.9 Å². The molecule has 2 aliphatic heterocycles. The zero-order valence-electron chi connectivity index (χ0n) is 18.3. The number of aliphatic hydroxyl groups is 1. The predicted octanol–water partition coefficient (Wildman–Crippen LogP) is 1.75. The molecule has 2 aromatic rings. The fraction of sp³-hybridized carbons (Fsp3) is 0.609. The number of aromatic nitrogens is 2. The maximum absolute atomic E-state index is 11.9. The Balaban J connectivity index is 1.59. The lowest BCUT2D eigenvalue weighted by atomic mass is 9.79. The van der Waals surface area contributed by atoms with Gasteiger partial charge in [0, 0.05) is 64.1 Å². The van der Waals surface area contributed by atoms with Gasteiger partial charge >= 0.3 is 0 Å². The fourth-order valence-corrected chi connectivity index (χ4v) is 5.01. The maximum Gasteiger partial charge on any atom is 0.108 e. The van der Waals surface area contributed by atoms with Crippen molar-refractivity contribution in [3.05, 3.63) is 52.8 Å². The second-order valence-corrected chi connectivity index (χ2v) is 8.90. The Hall–Kier alpha value is -1.73. The van der Waals surface area contributed by atoms with E-state index >= 15 is 0 Å². The minimum Gasteiger partial charge on any atom is -0.383 e.